The molecule has 4 aromatic carbocycles. The highest BCUT2D eigenvalue weighted by molar-refractivity contribution is 6.07. The largest absolute Gasteiger partial charge is 0.343 e. The summed E-state index contributed by atoms with van der Waals surface area (Å²) >= 11 is 0. The van der Waals surface area contributed by atoms with E-state index in [9.17, 15) is 4.79 Å². The maximum atomic E-state index is 14.0. The molecule has 1 spiro atoms. The maximum Gasteiger partial charge on any atom is 0.267 e. The lowest BCUT2D eigenvalue weighted by atomic mass is 9.87. The molecule has 2 fully saturated rings. The van der Waals surface area contributed by atoms with Crippen molar-refractivity contribution in [3.8, 4) is 22.3 Å². The summed E-state index contributed by atoms with van der Waals surface area (Å²) in [6.07, 6.45) is 4.61. The average Bonchev–Trinajstić information content (AvgIpc) is 3.03. The molecule has 6 rings (SSSR count). The van der Waals surface area contributed by atoms with Crippen LogP contribution in [0.25, 0.3) is 27.8 Å². The van der Waals surface area contributed by atoms with E-state index in [0.29, 0.717) is 11.3 Å². The van der Waals surface area contributed by atoms with Gasteiger partial charge in [0.1, 0.15) is 0 Å². The van der Waals surface area contributed by atoms with E-state index in [1.807, 2.05) is 84.9 Å². The Balaban J connectivity index is 1.26. The summed E-state index contributed by atoms with van der Waals surface area (Å²) in [4.78, 5) is 26.0. The molecule has 0 bridgehead atoms. The van der Waals surface area contributed by atoms with Crippen LogP contribution < -0.4 is 5.32 Å². The molecule has 0 radical (unpaired) electrons. The number of carbonyl (C=O) groups is 1. The van der Waals surface area contributed by atoms with Crippen molar-refractivity contribution in [1.29, 1.82) is 0 Å². The molecule has 4 aromatic rings. The number of benzene rings is 4. The van der Waals surface area contributed by atoms with E-state index in [0.717, 1.165) is 59.9 Å². The summed E-state index contributed by atoms with van der Waals surface area (Å²) in [7, 11) is 0. The van der Waals surface area contributed by atoms with Gasteiger partial charge in [-0.15, -0.1) is 0 Å². The van der Waals surface area contributed by atoms with Crippen molar-refractivity contribution >= 4 is 17.2 Å². The molecule has 202 valence electrons. The van der Waals surface area contributed by atoms with Gasteiger partial charge in [0.2, 0.25) is 11.4 Å². The monoisotopic (exact) mass is 531 g/mol. The molecule has 1 aliphatic heterocycles. The van der Waals surface area contributed by atoms with Crippen LogP contribution in [0.3, 0.4) is 0 Å². The number of nitrogens with one attached hydrogen (secondary N) is 1. The molecule has 1 amide bonds. The molecule has 1 saturated carbocycles. The molecule has 1 saturated heterocycles. The van der Waals surface area contributed by atoms with Crippen LogP contribution in [0.5, 0.6) is 0 Å². The fourth-order valence-electron chi connectivity index (χ4n) is 5.46. The third-order valence-corrected chi connectivity index (χ3v) is 7.93. The summed E-state index contributed by atoms with van der Waals surface area (Å²) in [5.41, 5.74) is 4.73. The topological polar surface area (TPSA) is 56.8 Å². The molecular weight excluding hydrogens is 498 g/mol. The Morgan fingerprint density at radius 3 is 1.70 bits per heavy atom. The molecule has 0 aromatic heterocycles. The Bertz CT molecular complexity index is 1450. The zero-order valence-electron chi connectivity index (χ0n) is 22.5. The average molecular weight is 532 g/mol. The minimum absolute atomic E-state index is 0.0141. The van der Waals surface area contributed by atoms with Gasteiger partial charge in [-0.3, -0.25) is 4.79 Å². The molecule has 5 heteroatoms. The molecule has 40 heavy (non-hydrogen) atoms. The quantitative estimate of drug-likeness (QED) is 0.256. The third-order valence-electron chi connectivity index (χ3n) is 7.93. The first-order chi connectivity index (χ1) is 19.6. The van der Waals surface area contributed by atoms with Crippen molar-refractivity contribution < 1.29 is 19.3 Å². The lowest BCUT2D eigenvalue weighted by Crippen LogP contribution is -2.58. The Kier molecular flexibility index (Phi) is 7.35. The minimum Gasteiger partial charge on any atom is -0.343 e. The number of carbonyl (C=O) groups excluding carboxylic acids is 1. The number of rotatable bonds is 6. The Hall–Kier alpha value is -4.03. The van der Waals surface area contributed by atoms with Crippen LogP contribution in [0.2, 0.25) is 0 Å². The van der Waals surface area contributed by atoms with Crippen molar-refractivity contribution in [3.05, 3.63) is 121 Å². The van der Waals surface area contributed by atoms with Gasteiger partial charge in [0, 0.05) is 18.5 Å². The second-order valence-electron chi connectivity index (χ2n) is 10.6. The second-order valence-corrected chi connectivity index (χ2v) is 10.6. The van der Waals surface area contributed by atoms with Crippen molar-refractivity contribution in [1.82, 2.24) is 0 Å². The van der Waals surface area contributed by atoms with Gasteiger partial charge in [-0.05, 0) is 58.4 Å². The highest BCUT2D eigenvalue weighted by Crippen LogP contribution is 2.43. The summed E-state index contributed by atoms with van der Waals surface area (Å²) < 4.78 is 6.32. The summed E-state index contributed by atoms with van der Waals surface area (Å²) in [6, 6.07) is 36.0. The molecule has 1 heterocycles. The minimum atomic E-state index is -1.55. The number of hydrogen-bond acceptors (Lipinski definition) is 4. The van der Waals surface area contributed by atoms with Crippen LogP contribution in [0.1, 0.15) is 37.7 Å². The number of anilines is 1. The molecule has 1 N–H and O–H groups in total. The number of ether oxygens (including phenoxy) is 1. The summed E-state index contributed by atoms with van der Waals surface area (Å²) in [5, 5.41) is 3.03. The van der Waals surface area contributed by atoms with Gasteiger partial charge in [-0.25, -0.2) is 4.89 Å². The van der Waals surface area contributed by atoms with Crippen LogP contribution in [0.15, 0.2) is 116 Å². The smallest absolute Gasteiger partial charge is 0.267 e. The van der Waals surface area contributed by atoms with Gasteiger partial charge in [0.05, 0.1) is 6.61 Å². The van der Waals surface area contributed by atoms with E-state index in [2.05, 4.69) is 36.2 Å². The summed E-state index contributed by atoms with van der Waals surface area (Å²) in [6.45, 7) is 4.34. The number of hydrogen-bond donors (Lipinski definition) is 1. The third kappa shape index (κ3) is 5.24. The van der Waals surface area contributed by atoms with E-state index in [1.165, 1.54) is 0 Å². The molecular formula is C35H33NO4. The first kappa shape index (κ1) is 26.2. The zero-order valence-corrected chi connectivity index (χ0v) is 22.5. The predicted molar refractivity (Wildman–Crippen MR) is 158 cm³/mol. The normalized spacial score (nSPS) is 20.1. The van der Waals surface area contributed by atoms with Crippen molar-refractivity contribution in [2.45, 2.75) is 43.5 Å². The molecule has 1 aliphatic carbocycles. The highest BCUT2D eigenvalue weighted by Gasteiger charge is 2.53. The van der Waals surface area contributed by atoms with Crippen molar-refractivity contribution in [2.24, 2.45) is 0 Å². The molecule has 1 unspecified atom stereocenters. The van der Waals surface area contributed by atoms with Crippen LogP contribution >= 0.6 is 0 Å². The number of amides is 1. The van der Waals surface area contributed by atoms with Gasteiger partial charge < -0.3 is 10.1 Å². The predicted octanol–water partition coefficient (Wildman–Crippen LogP) is 8.05. The first-order valence-electron chi connectivity index (χ1n) is 13.9. The SMILES string of the molecule is C=C(c1ccc(-c2ccccc2)cc1)C1(C(=O)Nc2ccc(-c3ccccc3)cc2)COC2(CCCCC2)OO1. The van der Waals surface area contributed by atoms with E-state index in [-0.39, 0.29) is 12.5 Å². The van der Waals surface area contributed by atoms with E-state index >= 15 is 0 Å². The molecule has 1 atom stereocenters. The fourth-order valence-corrected chi connectivity index (χ4v) is 5.46. The Morgan fingerprint density at radius 1 is 0.650 bits per heavy atom. The van der Waals surface area contributed by atoms with Gasteiger partial charge in [-0.1, -0.05) is 110 Å². The van der Waals surface area contributed by atoms with Gasteiger partial charge in [0.15, 0.2) is 0 Å². The van der Waals surface area contributed by atoms with E-state index in [4.69, 9.17) is 14.5 Å². The standard InChI is InChI=1S/C35H33NO4/c1-26(27-15-17-30(18-16-27)28-11-5-2-6-12-28)35(25-38-34(39-40-35)23-9-4-10-24-34)33(37)36-32-21-19-31(20-22-32)29-13-7-3-8-14-29/h2-3,5-8,11-22H,1,4,9-10,23-25H2,(H,36,37). The molecule has 2 aliphatic rings. The molecule has 5 nitrogen and oxygen atoms in total. The first-order valence-corrected chi connectivity index (χ1v) is 13.9. The second kappa shape index (κ2) is 11.2. The van der Waals surface area contributed by atoms with Crippen molar-refractivity contribution in [3.63, 3.8) is 0 Å². The van der Waals surface area contributed by atoms with Gasteiger partial charge in [0.25, 0.3) is 5.91 Å². The van der Waals surface area contributed by atoms with Gasteiger partial charge in [-0.2, -0.15) is 4.89 Å². The lowest BCUT2D eigenvalue weighted by Gasteiger charge is -2.46. The fraction of sp³-hybridized carbons (Fsp3) is 0.229. The van der Waals surface area contributed by atoms with E-state index in [1.54, 1.807) is 0 Å². The van der Waals surface area contributed by atoms with Crippen LogP contribution in [-0.4, -0.2) is 23.9 Å². The van der Waals surface area contributed by atoms with Crippen molar-refractivity contribution in [2.75, 3.05) is 11.9 Å². The van der Waals surface area contributed by atoms with Crippen LogP contribution in [0.4, 0.5) is 5.69 Å². The van der Waals surface area contributed by atoms with Crippen LogP contribution in [-0.2, 0) is 19.3 Å². The van der Waals surface area contributed by atoms with Crippen LogP contribution in [0, 0.1) is 0 Å². The Labute approximate surface area is 235 Å². The highest BCUT2D eigenvalue weighted by atomic mass is 17.2. The zero-order chi connectivity index (χ0) is 27.4. The lowest BCUT2D eigenvalue weighted by molar-refractivity contribution is -0.497. The summed E-state index contributed by atoms with van der Waals surface area (Å²) in [5.74, 6) is -1.20. The maximum absolute atomic E-state index is 14.0. The van der Waals surface area contributed by atoms with Gasteiger partial charge >= 0.3 is 0 Å². The Morgan fingerprint density at radius 2 is 1.18 bits per heavy atom. The van der Waals surface area contributed by atoms with E-state index < -0.39 is 11.4 Å².